The molecule has 5 rings (SSSR count). The van der Waals surface area contributed by atoms with E-state index in [1.54, 1.807) is 24.3 Å². The first kappa shape index (κ1) is 27.2. The van der Waals surface area contributed by atoms with Crippen molar-refractivity contribution in [2.45, 2.75) is 38.1 Å². The maximum Gasteiger partial charge on any atom is 0.226 e. The zero-order valence-corrected chi connectivity index (χ0v) is 23.7. The summed E-state index contributed by atoms with van der Waals surface area (Å²) in [5.74, 6) is 1.22. The molecule has 2 N–H and O–H groups in total. The maximum absolute atomic E-state index is 13.4. The lowest BCUT2D eigenvalue weighted by Gasteiger charge is -2.14. The van der Waals surface area contributed by atoms with Crippen LogP contribution in [0.2, 0.25) is 0 Å². The zero-order valence-electron chi connectivity index (χ0n) is 22.8. The van der Waals surface area contributed by atoms with Gasteiger partial charge in [-0.15, -0.1) is 10.2 Å². The number of carbonyl (C=O) groups is 2. The van der Waals surface area contributed by atoms with Crippen molar-refractivity contribution in [2.24, 2.45) is 5.92 Å². The number of ether oxygens (including phenoxy) is 1. The van der Waals surface area contributed by atoms with Crippen LogP contribution in [0.4, 0.5) is 5.69 Å². The number of rotatable bonds is 10. The molecule has 204 valence electrons. The van der Waals surface area contributed by atoms with Crippen molar-refractivity contribution in [1.82, 2.24) is 19.7 Å². The summed E-state index contributed by atoms with van der Waals surface area (Å²) in [7, 11) is 0. The second kappa shape index (κ2) is 11.8. The van der Waals surface area contributed by atoms with Crippen LogP contribution in [0.1, 0.15) is 38.1 Å². The largest absolute Gasteiger partial charge is 0.494 e. The summed E-state index contributed by atoms with van der Waals surface area (Å²) < 4.78 is 7.61. The van der Waals surface area contributed by atoms with E-state index in [0.717, 1.165) is 27.9 Å². The summed E-state index contributed by atoms with van der Waals surface area (Å²) in [6.45, 7) is 8.07. The number of amides is 1. The van der Waals surface area contributed by atoms with Gasteiger partial charge in [-0.25, -0.2) is 0 Å². The fourth-order valence-electron chi connectivity index (χ4n) is 4.32. The van der Waals surface area contributed by atoms with Gasteiger partial charge in [0, 0.05) is 45.5 Å². The van der Waals surface area contributed by atoms with Crippen LogP contribution in [0.5, 0.6) is 5.75 Å². The number of nitrogens with zero attached hydrogens (tertiary/aromatic N) is 3. The third-order valence-electron chi connectivity index (χ3n) is 6.48. The first-order valence-corrected chi connectivity index (χ1v) is 14.1. The molecule has 2 heterocycles. The van der Waals surface area contributed by atoms with E-state index >= 15 is 0 Å². The number of hydrogen-bond donors (Lipinski definition) is 2. The molecule has 0 bridgehead atoms. The topological polar surface area (TPSA) is 102 Å². The Morgan fingerprint density at radius 2 is 1.70 bits per heavy atom. The monoisotopic (exact) mass is 553 g/mol. The van der Waals surface area contributed by atoms with Crippen molar-refractivity contribution in [2.75, 3.05) is 11.9 Å². The predicted octanol–water partition coefficient (Wildman–Crippen LogP) is 6.77. The number of carbonyl (C=O) groups excluding carboxylic acids is 2. The van der Waals surface area contributed by atoms with Crippen LogP contribution in [0.15, 0.2) is 84.1 Å². The van der Waals surface area contributed by atoms with Crippen molar-refractivity contribution >= 4 is 40.0 Å². The Balaban J connectivity index is 1.45. The fraction of sp³-hybridized carbons (Fsp3) is 0.226. The maximum atomic E-state index is 13.4. The summed E-state index contributed by atoms with van der Waals surface area (Å²) in [5, 5.41) is 13.2. The molecule has 0 fully saturated rings. The summed E-state index contributed by atoms with van der Waals surface area (Å²) >= 11 is 1.35. The zero-order chi connectivity index (χ0) is 28.2. The lowest BCUT2D eigenvalue weighted by atomic mass is 10.1. The molecule has 8 nitrogen and oxygen atoms in total. The van der Waals surface area contributed by atoms with Gasteiger partial charge in [0.05, 0.1) is 11.9 Å². The summed E-state index contributed by atoms with van der Waals surface area (Å²) in [5.41, 5.74) is 4.01. The van der Waals surface area contributed by atoms with E-state index in [2.05, 4.69) is 20.5 Å². The molecule has 1 amide bonds. The second-order valence-corrected chi connectivity index (χ2v) is 11.0. The molecule has 0 radical (unpaired) electrons. The Morgan fingerprint density at radius 1 is 0.975 bits per heavy atom. The van der Waals surface area contributed by atoms with E-state index in [4.69, 9.17) is 4.74 Å². The molecule has 0 spiro atoms. The third-order valence-corrected chi connectivity index (χ3v) is 7.52. The van der Waals surface area contributed by atoms with E-state index in [1.165, 1.54) is 11.8 Å². The van der Waals surface area contributed by atoms with Gasteiger partial charge in [0.2, 0.25) is 5.91 Å². The number of nitrogens with one attached hydrogen (secondary N) is 2. The van der Waals surface area contributed by atoms with Crippen molar-refractivity contribution in [3.05, 3.63) is 84.6 Å². The van der Waals surface area contributed by atoms with Gasteiger partial charge in [-0.3, -0.25) is 14.2 Å². The highest BCUT2D eigenvalue weighted by molar-refractivity contribution is 8.00. The van der Waals surface area contributed by atoms with E-state index in [-0.39, 0.29) is 17.6 Å². The van der Waals surface area contributed by atoms with E-state index < -0.39 is 5.25 Å². The fourth-order valence-corrected chi connectivity index (χ4v) is 5.26. The minimum atomic E-state index is -0.433. The average Bonchev–Trinajstić information content (AvgIpc) is 3.57. The summed E-state index contributed by atoms with van der Waals surface area (Å²) in [6.07, 6.45) is 1.93. The Bertz CT molecular complexity index is 1640. The molecule has 9 heteroatoms. The van der Waals surface area contributed by atoms with Gasteiger partial charge in [0.25, 0.3) is 0 Å². The normalized spacial score (nSPS) is 12.0. The van der Waals surface area contributed by atoms with Gasteiger partial charge in [-0.05, 0) is 68.4 Å². The van der Waals surface area contributed by atoms with E-state index in [1.807, 2.05) is 87.0 Å². The number of thioether (sulfide) groups is 1. The number of anilines is 1. The molecule has 0 unspecified atom stereocenters. The number of Topliss-reactive ketones (excluding diaryl/α,β-unsaturated/α-hetero) is 1. The SMILES string of the molecule is CCOc1ccc(-n2c(S[C@@H](C)C(=O)c3ccc(NC(=O)C(C)C)cc3)nnc2-c2c[nH]c3ccccc23)cc1. The van der Waals surface area contributed by atoms with Crippen molar-refractivity contribution in [3.8, 4) is 22.8 Å². The molecule has 3 aromatic carbocycles. The van der Waals surface area contributed by atoms with Crippen LogP contribution < -0.4 is 10.1 Å². The molecular formula is C31H31N5O3S. The standard InChI is InChI=1S/C31H31N5O3S/c1-5-39-24-16-14-23(15-17-24)36-29(26-18-32-27-9-7-6-8-25(26)27)34-35-31(36)40-20(4)28(37)21-10-12-22(13-11-21)33-30(38)19(2)3/h6-20,32H,5H2,1-4H3,(H,33,38)/t20-/m0/s1. The number of aromatic nitrogens is 4. The first-order chi connectivity index (χ1) is 19.4. The third kappa shape index (κ3) is 5.65. The highest BCUT2D eigenvalue weighted by Crippen LogP contribution is 2.34. The van der Waals surface area contributed by atoms with Gasteiger partial charge in [-0.1, -0.05) is 43.8 Å². The number of ketones is 1. The minimum absolute atomic E-state index is 0.0402. The average molecular weight is 554 g/mol. The molecule has 5 aromatic rings. The molecule has 0 saturated heterocycles. The molecule has 1 atom stereocenters. The molecular weight excluding hydrogens is 522 g/mol. The van der Waals surface area contributed by atoms with Crippen LogP contribution >= 0.6 is 11.8 Å². The van der Waals surface area contributed by atoms with Crippen molar-refractivity contribution in [1.29, 1.82) is 0 Å². The van der Waals surface area contributed by atoms with Gasteiger partial charge >= 0.3 is 0 Å². The lowest BCUT2D eigenvalue weighted by molar-refractivity contribution is -0.118. The molecule has 0 aliphatic heterocycles. The number of H-pyrrole nitrogens is 1. The highest BCUT2D eigenvalue weighted by Gasteiger charge is 2.24. The Kier molecular flexibility index (Phi) is 8.02. The van der Waals surface area contributed by atoms with Crippen LogP contribution in [0, 0.1) is 5.92 Å². The van der Waals surface area contributed by atoms with Gasteiger partial charge in [0.15, 0.2) is 16.8 Å². The molecule has 0 saturated carbocycles. The Labute approximate surface area is 237 Å². The summed E-state index contributed by atoms with van der Waals surface area (Å²) in [6, 6.07) is 22.8. The van der Waals surface area contributed by atoms with Crippen LogP contribution in [0.3, 0.4) is 0 Å². The minimum Gasteiger partial charge on any atom is -0.494 e. The van der Waals surface area contributed by atoms with E-state index in [9.17, 15) is 9.59 Å². The smallest absolute Gasteiger partial charge is 0.226 e. The molecule has 0 aliphatic rings. The highest BCUT2D eigenvalue weighted by atomic mass is 32.2. The molecule has 0 aliphatic carbocycles. The number of para-hydroxylation sites is 1. The Morgan fingerprint density at radius 3 is 2.40 bits per heavy atom. The van der Waals surface area contributed by atoms with Crippen molar-refractivity contribution in [3.63, 3.8) is 0 Å². The van der Waals surface area contributed by atoms with Crippen molar-refractivity contribution < 1.29 is 14.3 Å². The molecule has 40 heavy (non-hydrogen) atoms. The number of hydrogen-bond acceptors (Lipinski definition) is 6. The van der Waals surface area contributed by atoms with Gasteiger partial charge in [0.1, 0.15) is 5.75 Å². The van der Waals surface area contributed by atoms with Gasteiger partial charge < -0.3 is 15.0 Å². The first-order valence-electron chi connectivity index (χ1n) is 13.2. The Hall–Kier alpha value is -4.37. The van der Waals surface area contributed by atoms with Crippen LogP contribution in [0.25, 0.3) is 28.0 Å². The van der Waals surface area contributed by atoms with E-state index in [0.29, 0.717) is 28.8 Å². The predicted molar refractivity (Wildman–Crippen MR) is 159 cm³/mol. The lowest BCUT2D eigenvalue weighted by Crippen LogP contribution is -2.18. The number of fused-ring (bicyclic) bond motifs is 1. The number of benzene rings is 3. The molecule has 2 aromatic heterocycles. The summed E-state index contributed by atoms with van der Waals surface area (Å²) in [4.78, 5) is 28.7. The number of aromatic amines is 1. The second-order valence-electron chi connectivity index (χ2n) is 9.66. The quantitative estimate of drug-likeness (QED) is 0.146. The van der Waals surface area contributed by atoms with Gasteiger partial charge in [-0.2, -0.15) is 0 Å². The van der Waals surface area contributed by atoms with Crippen LogP contribution in [-0.2, 0) is 4.79 Å². The van der Waals surface area contributed by atoms with Crippen LogP contribution in [-0.4, -0.2) is 43.3 Å².